The number of hydrogen-bond donors (Lipinski definition) is 1. The molecular formula is C13H20O3. The van der Waals surface area contributed by atoms with E-state index in [1.807, 2.05) is 44.2 Å². The smallest absolute Gasteiger partial charge is 0.221 e. The first kappa shape index (κ1) is 13.2. The van der Waals surface area contributed by atoms with Crippen molar-refractivity contribution in [3.8, 4) is 0 Å². The summed E-state index contributed by atoms with van der Waals surface area (Å²) in [6.07, 6.45) is -0.727. The van der Waals surface area contributed by atoms with E-state index in [0.717, 1.165) is 5.56 Å². The lowest BCUT2D eigenvalue weighted by molar-refractivity contribution is -0.286. The fraction of sp³-hybridized carbons (Fsp3) is 0.538. The maximum atomic E-state index is 9.93. The molecule has 0 radical (unpaired) electrons. The van der Waals surface area contributed by atoms with E-state index in [2.05, 4.69) is 0 Å². The van der Waals surface area contributed by atoms with Crippen molar-refractivity contribution in [2.45, 2.75) is 32.7 Å². The number of aliphatic hydroxyl groups excluding tert-OH is 1. The van der Waals surface area contributed by atoms with E-state index in [1.165, 1.54) is 0 Å². The Bertz CT molecular complexity index is 289. The predicted octanol–water partition coefficient (Wildman–Crippen LogP) is 2.29. The summed E-state index contributed by atoms with van der Waals surface area (Å²) < 4.78 is 11.3. The molecule has 0 heterocycles. The van der Waals surface area contributed by atoms with Gasteiger partial charge in [-0.05, 0) is 20.8 Å². The zero-order valence-corrected chi connectivity index (χ0v) is 10.1. The van der Waals surface area contributed by atoms with Gasteiger partial charge in [0.15, 0.2) is 0 Å². The van der Waals surface area contributed by atoms with Crippen molar-refractivity contribution in [1.82, 2.24) is 0 Å². The minimum atomic E-state index is -1.05. The van der Waals surface area contributed by atoms with Gasteiger partial charge in [0.2, 0.25) is 5.79 Å². The van der Waals surface area contributed by atoms with E-state index in [9.17, 15) is 5.11 Å². The molecule has 0 aliphatic heterocycles. The first-order valence-electron chi connectivity index (χ1n) is 5.68. The minimum absolute atomic E-state index is 0.486. The van der Waals surface area contributed by atoms with Gasteiger partial charge in [0.1, 0.15) is 6.10 Å². The van der Waals surface area contributed by atoms with E-state index < -0.39 is 11.9 Å². The highest BCUT2D eigenvalue weighted by Crippen LogP contribution is 2.31. The van der Waals surface area contributed by atoms with Crippen LogP contribution in [0.15, 0.2) is 30.3 Å². The molecule has 0 fully saturated rings. The summed E-state index contributed by atoms with van der Waals surface area (Å²) in [6.45, 7) is 6.43. The van der Waals surface area contributed by atoms with Crippen LogP contribution in [0, 0.1) is 0 Å². The van der Waals surface area contributed by atoms with Gasteiger partial charge in [-0.2, -0.15) is 0 Å². The molecule has 1 N–H and O–H groups in total. The molecule has 0 aromatic heterocycles. The molecule has 0 aliphatic carbocycles. The molecule has 0 amide bonds. The van der Waals surface area contributed by atoms with Crippen molar-refractivity contribution >= 4 is 0 Å². The molecule has 90 valence electrons. The number of hydrogen-bond acceptors (Lipinski definition) is 3. The summed E-state index contributed by atoms with van der Waals surface area (Å²) in [6, 6.07) is 9.54. The van der Waals surface area contributed by atoms with Gasteiger partial charge in [-0.1, -0.05) is 30.3 Å². The van der Waals surface area contributed by atoms with Crippen LogP contribution in [0.1, 0.15) is 26.3 Å². The lowest BCUT2D eigenvalue weighted by Crippen LogP contribution is -2.43. The van der Waals surface area contributed by atoms with Crippen LogP contribution in [-0.4, -0.2) is 24.4 Å². The van der Waals surface area contributed by atoms with E-state index in [4.69, 9.17) is 9.47 Å². The summed E-state index contributed by atoms with van der Waals surface area (Å²) >= 11 is 0. The highest BCUT2D eigenvalue weighted by atomic mass is 16.7. The SMILES string of the molecule is CCOC(OCC)(c1ccccc1)C(C)O. The summed E-state index contributed by atoms with van der Waals surface area (Å²) in [5.74, 6) is -1.05. The summed E-state index contributed by atoms with van der Waals surface area (Å²) in [4.78, 5) is 0. The average molecular weight is 224 g/mol. The second kappa shape index (κ2) is 5.99. The van der Waals surface area contributed by atoms with Gasteiger partial charge in [0.25, 0.3) is 0 Å². The fourth-order valence-electron chi connectivity index (χ4n) is 1.79. The Labute approximate surface area is 97.0 Å². The van der Waals surface area contributed by atoms with E-state index in [0.29, 0.717) is 13.2 Å². The normalized spacial score (nSPS) is 13.8. The molecule has 0 aliphatic rings. The lowest BCUT2D eigenvalue weighted by atomic mass is 10.0. The Kier molecular flexibility index (Phi) is 4.93. The largest absolute Gasteiger partial charge is 0.387 e. The van der Waals surface area contributed by atoms with Crippen LogP contribution < -0.4 is 0 Å². The zero-order valence-electron chi connectivity index (χ0n) is 10.1. The second-order valence-electron chi connectivity index (χ2n) is 3.58. The summed E-state index contributed by atoms with van der Waals surface area (Å²) in [5.41, 5.74) is 0.841. The number of benzene rings is 1. The number of ether oxygens (including phenoxy) is 2. The third-order valence-corrected chi connectivity index (χ3v) is 2.44. The monoisotopic (exact) mass is 224 g/mol. The Morgan fingerprint density at radius 1 is 1.12 bits per heavy atom. The molecule has 1 atom stereocenters. The van der Waals surface area contributed by atoms with Gasteiger partial charge in [-0.3, -0.25) is 0 Å². The van der Waals surface area contributed by atoms with E-state index in [1.54, 1.807) is 6.92 Å². The third-order valence-electron chi connectivity index (χ3n) is 2.44. The lowest BCUT2D eigenvalue weighted by Gasteiger charge is -2.36. The van der Waals surface area contributed by atoms with Gasteiger partial charge >= 0.3 is 0 Å². The van der Waals surface area contributed by atoms with Crippen molar-refractivity contribution in [2.24, 2.45) is 0 Å². The van der Waals surface area contributed by atoms with Gasteiger partial charge in [0.05, 0.1) is 0 Å². The highest BCUT2D eigenvalue weighted by molar-refractivity contribution is 5.21. The van der Waals surface area contributed by atoms with Crippen molar-refractivity contribution in [3.05, 3.63) is 35.9 Å². The Morgan fingerprint density at radius 3 is 2.00 bits per heavy atom. The summed E-state index contributed by atoms with van der Waals surface area (Å²) in [7, 11) is 0. The number of rotatable bonds is 6. The molecule has 3 nitrogen and oxygen atoms in total. The van der Waals surface area contributed by atoms with Gasteiger partial charge in [0, 0.05) is 18.8 Å². The fourth-order valence-corrected chi connectivity index (χ4v) is 1.79. The molecule has 1 aromatic carbocycles. The Balaban J connectivity index is 3.10. The second-order valence-corrected chi connectivity index (χ2v) is 3.58. The predicted molar refractivity (Wildman–Crippen MR) is 63.1 cm³/mol. The van der Waals surface area contributed by atoms with Gasteiger partial charge in [-0.25, -0.2) is 0 Å². The van der Waals surface area contributed by atoms with E-state index in [-0.39, 0.29) is 0 Å². The molecule has 1 rings (SSSR count). The highest BCUT2D eigenvalue weighted by Gasteiger charge is 2.39. The van der Waals surface area contributed by atoms with Crippen LogP contribution in [0.5, 0.6) is 0 Å². The minimum Gasteiger partial charge on any atom is -0.387 e. The van der Waals surface area contributed by atoms with Crippen molar-refractivity contribution in [1.29, 1.82) is 0 Å². The third kappa shape index (κ3) is 2.61. The molecule has 0 saturated heterocycles. The average Bonchev–Trinajstić information content (AvgIpc) is 2.29. The molecule has 1 unspecified atom stereocenters. The Hall–Kier alpha value is -0.900. The van der Waals surface area contributed by atoms with Gasteiger partial charge < -0.3 is 14.6 Å². The van der Waals surface area contributed by atoms with Crippen LogP contribution in [0.2, 0.25) is 0 Å². The molecule has 1 aromatic rings. The van der Waals surface area contributed by atoms with Crippen LogP contribution in [0.25, 0.3) is 0 Å². The standard InChI is InChI=1S/C13H20O3/c1-4-15-13(11(3)14,16-5-2)12-9-7-6-8-10-12/h6-11,14H,4-5H2,1-3H3. The maximum absolute atomic E-state index is 9.93. The number of aliphatic hydroxyl groups is 1. The van der Waals surface area contributed by atoms with Gasteiger partial charge in [-0.15, -0.1) is 0 Å². The van der Waals surface area contributed by atoms with Crippen molar-refractivity contribution < 1.29 is 14.6 Å². The first-order valence-corrected chi connectivity index (χ1v) is 5.68. The van der Waals surface area contributed by atoms with Crippen LogP contribution >= 0.6 is 0 Å². The molecular weight excluding hydrogens is 204 g/mol. The van der Waals surface area contributed by atoms with Crippen LogP contribution in [-0.2, 0) is 15.3 Å². The molecule has 0 bridgehead atoms. The quantitative estimate of drug-likeness (QED) is 0.753. The molecule has 0 spiro atoms. The van der Waals surface area contributed by atoms with E-state index >= 15 is 0 Å². The van der Waals surface area contributed by atoms with Crippen molar-refractivity contribution in [2.75, 3.05) is 13.2 Å². The van der Waals surface area contributed by atoms with Crippen LogP contribution in [0.4, 0.5) is 0 Å². The Morgan fingerprint density at radius 2 is 1.62 bits per heavy atom. The summed E-state index contributed by atoms with van der Waals surface area (Å²) in [5, 5.41) is 9.93. The zero-order chi connectivity index (χ0) is 12.0. The molecule has 16 heavy (non-hydrogen) atoms. The van der Waals surface area contributed by atoms with Crippen molar-refractivity contribution in [3.63, 3.8) is 0 Å². The molecule has 0 saturated carbocycles. The molecule has 3 heteroatoms. The van der Waals surface area contributed by atoms with Crippen LogP contribution in [0.3, 0.4) is 0 Å². The topological polar surface area (TPSA) is 38.7 Å². The first-order chi connectivity index (χ1) is 7.67. The maximum Gasteiger partial charge on any atom is 0.221 e.